The molecule has 1 aromatic carbocycles. The number of fused-ring (bicyclic) bond motifs is 1. The summed E-state index contributed by atoms with van der Waals surface area (Å²) < 4.78 is 5.06. The predicted molar refractivity (Wildman–Crippen MR) is 112 cm³/mol. The molecule has 0 radical (unpaired) electrons. The van der Waals surface area contributed by atoms with Crippen LogP contribution in [0.15, 0.2) is 45.2 Å². The highest BCUT2D eigenvalue weighted by Crippen LogP contribution is 2.46. The van der Waals surface area contributed by atoms with Crippen molar-refractivity contribution in [2.75, 3.05) is 18.0 Å². The molecule has 1 fully saturated rings. The Kier molecular flexibility index (Phi) is 6.42. The zero-order valence-corrected chi connectivity index (χ0v) is 17.2. The molecule has 0 saturated carbocycles. The summed E-state index contributed by atoms with van der Waals surface area (Å²) in [5, 5.41) is 9.85. The van der Waals surface area contributed by atoms with E-state index in [-0.39, 0.29) is 10.9 Å². The number of hydrogen-bond acceptors (Lipinski definition) is 8. The van der Waals surface area contributed by atoms with Crippen molar-refractivity contribution < 1.29 is 24.2 Å². The van der Waals surface area contributed by atoms with Gasteiger partial charge in [0.2, 0.25) is 0 Å². The SMILES string of the molecule is CCN1/C(=C/C=C2/SC(=S)N(CC(=O)O)C2=O)Sc2ccc(COC=O)cc21. The van der Waals surface area contributed by atoms with Gasteiger partial charge in [-0.25, -0.2) is 0 Å². The quantitative estimate of drug-likeness (QED) is 0.394. The van der Waals surface area contributed by atoms with Gasteiger partial charge in [0.1, 0.15) is 17.5 Å². The summed E-state index contributed by atoms with van der Waals surface area (Å²) in [6.07, 6.45) is 3.51. The maximum atomic E-state index is 12.4. The van der Waals surface area contributed by atoms with Crippen molar-refractivity contribution >= 4 is 64.1 Å². The number of carbonyl (C=O) groups is 3. The lowest BCUT2D eigenvalue weighted by Crippen LogP contribution is -2.33. The second kappa shape index (κ2) is 8.80. The van der Waals surface area contributed by atoms with Gasteiger partial charge >= 0.3 is 5.97 Å². The van der Waals surface area contributed by atoms with Gasteiger partial charge in [0.05, 0.1) is 15.6 Å². The molecule has 1 amide bonds. The highest BCUT2D eigenvalue weighted by atomic mass is 32.2. The van der Waals surface area contributed by atoms with Crippen LogP contribution in [0, 0.1) is 0 Å². The number of allylic oxidation sites excluding steroid dienone is 2. The van der Waals surface area contributed by atoms with Crippen LogP contribution in [-0.4, -0.2) is 45.8 Å². The van der Waals surface area contributed by atoms with Crippen molar-refractivity contribution in [3.8, 4) is 0 Å². The van der Waals surface area contributed by atoms with Crippen LogP contribution in [0.1, 0.15) is 12.5 Å². The van der Waals surface area contributed by atoms with Crippen molar-refractivity contribution in [3.05, 3.63) is 45.8 Å². The summed E-state index contributed by atoms with van der Waals surface area (Å²) >= 11 is 7.77. The van der Waals surface area contributed by atoms with E-state index in [2.05, 4.69) is 4.90 Å². The first-order valence-corrected chi connectivity index (χ1v) is 10.3. The molecular formula is C18H16N2O5S3. The van der Waals surface area contributed by atoms with Crippen LogP contribution in [0.5, 0.6) is 0 Å². The van der Waals surface area contributed by atoms with E-state index in [1.807, 2.05) is 31.2 Å². The number of benzene rings is 1. The third-order valence-corrected chi connectivity index (χ3v) is 6.50. The van der Waals surface area contributed by atoms with Gasteiger partial charge in [-0.3, -0.25) is 19.3 Å². The van der Waals surface area contributed by atoms with Crippen LogP contribution in [0.25, 0.3) is 0 Å². The smallest absolute Gasteiger partial charge is 0.323 e. The Morgan fingerprint density at radius 3 is 2.75 bits per heavy atom. The lowest BCUT2D eigenvalue weighted by Gasteiger charge is -2.18. The van der Waals surface area contributed by atoms with Gasteiger partial charge < -0.3 is 14.7 Å². The maximum Gasteiger partial charge on any atom is 0.323 e. The number of hydrogen-bond donors (Lipinski definition) is 1. The Hall–Kier alpha value is -2.30. The monoisotopic (exact) mass is 436 g/mol. The van der Waals surface area contributed by atoms with Crippen molar-refractivity contribution in [1.82, 2.24) is 4.90 Å². The molecule has 7 nitrogen and oxygen atoms in total. The van der Waals surface area contributed by atoms with Crippen LogP contribution < -0.4 is 4.90 Å². The number of anilines is 1. The first kappa shape index (κ1) is 20.4. The summed E-state index contributed by atoms with van der Waals surface area (Å²) in [7, 11) is 0. The molecule has 3 rings (SSSR count). The fourth-order valence-corrected chi connectivity index (χ4v) is 5.05. The van der Waals surface area contributed by atoms with Crippen LogP contribution >= 0.6 is 35.7 Å². The molecule has 0 bridgehead atoms. The molecule has 0 aromatic heterocycles. The molecule has 0 atom stereocenters. The van der Waals surface area contributed by atoms with Crippen LogP contribution in [0.4, 0.5) is 5.69 Å². The van der Waals surface area contributed by atoms with Crippen LogP contribution in [0.3, 0.4) is 0 Å². The second-order valence-corrected chi connectivity index (χ2v) is 8.48. The average molecular weight is 437 g/mol. The van der Waals surface area contributed by atoms with Gasteiger partial charge in [0.25, 0.3) is 12.4 Å². The van der Waals surface area contributed by atoms with Gasteiger partial charge in [-0.2, -0.15) is 0 Å². The number of ether oxygens (including phenoxy) is 1. The van der Waals surface area contributed by atoms with Crippen LogP contribution in [-0.2, 0) is 25.7 Å². The van der Waals surface area contributed by atoms with Crippen LogP contribution in [0.2, 0.25) is 0 Å². The van der Waals surface area contributed by atoms with E-state index >= 15 is 0 Å². The number of amides is 1. The minimum absolute atomic E-state index is 0.212. The molecule has 0 spiro atoms. The summed E-state index contributed by atoms with van der Waals surface area (Å²) in [4.78, 5) is 38.3. The zero-order valence-electron chi connectivity index (χ0n) is 14.8. The minimum atomic E-state index is -1.11. The second-order valence-electron chi connectivity index (χ2n) is 5.74. The number of carboxylic acid groups (broad SMARTS) is 1. The van der Waals surface area contributed by atoms with Crippen molar-refractivity contribution in [3.63, 3.8) is 0 Å². The molecule has 1 N–H and O–H groups in total. The molecule has 0 unspecified atom stereocenters. The molecule has 1 aromatic rings. The lowest BCUT2D eigenvalue weighted by atomic mass is 10.2. The predicted octanol–water partition coefficient (Wildman–Crippen LogP) is 2.96. The van der Waals surface area contributed by atoms with E-state index in [0.717, 1.165) is 44.4 Å². The molecular weight excluding hydrogens is 420 g/mol. The molecule has 0 aliphatic carbocycles. The normalized spacial score (nSPS) is 18.9. The topological polar surface area (TPSA) is 87.2 Å². The highest BCUT2D eigenvalue weighted by Gasteiger charge is 2.33. The number of carbonyl (C=O) groups excluding carboxylic acids is 2. The van der Waals surface area contributed by atoms with Crippen molar-refractivity contribution in [1.29, 1.82) is 0 Å². The minimum Gasteiger partial charge on any atom is -0.480 e. The Bertz CT molecular complexity index is 912. The summed E-state index contributed by atoms with van der Waals surface area (Å²) in [6, 6.07) is 5.85. The van der Waals surface area contributed by atoms with E-state index in [1.54, 1.807) is 17.8 Å². The number of rotatable bonds is 7. The summed E-state index contributed by atoms with van der Waals surface area (Å²) in [6.45, 7) is 2.93. The molecule has 2 heterocycles. The number of thioether (sulfide) groups is 2. The highest BCUT2D eigenvalue weighted by molar-refractivity contribution is 8.26. The van der Waals surface area contributed by atoms with Gasteiger partial charge in [-0.15, -0.1) is 0 Å². The van der Waals surface area contributed by atoms with E-state index in [9.17, 15) is 14.4 Å². The number of nitrogens with zero attached hydrogens (tertiary/aromatic N) is 2. The third kappa shape index (κ3) is 4.23. The van der Waals surface area contributed by atoms with Crippen molar-refractivity contribution in [2.45, 2.75) is 18.4 Å². The van der Waals surface area contributed by atoms with E-state index in [1.165, 1.54) is 0 Å². The maximum absolute atomic E-state index is 12.4. The molecule has 28 heavy (non-hydrogen) atoms. The van der Waals surface area contributed by atoms with E-state index in [4.69, 9.17) is 22.1 Å². The van der Waals surface area contributed by atoms with Gasteiger partial charge in [-0.05, 0) is 36.8 Å². The summed E-state index contributed by atoms with van der Waals surface area (Å²) in [5.41, 5.74) is 1.90. The molecule has 1 saturated heterocycles. The Labute approximate surface area is 175 Å². The van der Waals surface area contributed by atoms with Gasteiger partial charge in [-0.1, -0.05) is 41.8 Å². The molecule has 2 aliphatic heterocycles. The van der Waals surface area contributed by atoms with Gasteiger partial charge in [0, 0.05) is 11.4 Å². The largest absolute Gasteiger partial charge is 0.480 e. The summed E-state index contributed by atoms with van der Waals surface area (Å²) in [5.74, 6) is -1.50. The van der Waals surface area contributed by atoms with E-state index < -0.39 is 18.4 Å². The molecule has 2 aliphatic rings. The molecule has 146 valence electrons. The Balaban J connectivity index is 1.81. The van der Waals surface area contributed by atoms with Crippen molar-refractivity contribution in [2.24, 2.45) is 0 Å². The zero-order chi connectivity index (χ0) is 20.3. The average Bonchev–Trinajstić information content (AvgIpc) is 3.15. The number of thiocarbonyl (C=S) groups is 1. The van der Waals surface area contributed by atoms with E-state index in [0.29, 0.717) is 11.4 Å². The first-order chi connectivity index (χ1) is 13.4. The number of carboxylic acids is 1. The Morgan fingerprint density at radius 1 is 1.29 bits per heavy atom. The molecule has 10 heteroatoms. The first-order valence-electron chi connectivity index (χ1n) is 8.25. The Morgan fingerprint density at radius 2 is 2.07 bits per heavy atom. The van der Waals surface area contributed by atoms with Gasteiger partial charge in [0.15, 0.2) is 0 Å². The standard InChI is InChI=1S/C18H16N2O5S3/c1-2-19-12-7-11(9-25-10-21)3-4-13(12)27-15(19)6-5-14-17(24)20(8-16(22)23)18(26)28-14/h3-7,10H,2,8-9H2,1H3,(H,22,23)/b14-5+,15-6-. The lowest BCUT2D eigenvalue weighted by molar-refractivity contribution is -0.140. The fraction of sp³-hybridized carbons (Fsp3) is 0.222. The third-order valence-electron chi connectivity index (χ3n) is 3.97. The fourth-order valence-electron chi connectivity index (χ4n) is 2.75. The number of aliphatic carboxylic acids is 1.